The molecular weight excluding hydrogens is 451 g/mol. The highest BCUT2D eigenvalue weighted by molar-refractivity contribution is 14.0. The third-order valence-corrected chi connectivity index (χ3v) is 4.21. The fraction of sp³-hybridized carbons (Fsp3) is 0.333. The molecule has 0 saturated heterocycles. The molecule has 0 aliphatic carbocycles. The summed E-state index contributed by atoms with van der Waals surface area (Å²) < 4.78 is 0. The Bertz CT molecular complexity index is 734. The van der Waals surface area contributed by atoms with Crippen molar-refractivity contribution in [1.82, 2.24) is 15.5 Å². The molecule has 0 aliphatic heterocycles. The molecule has 0 unspecified atom stereocenters. The molecule has 0 spiro atoms. The molecule has 0 aliphatic rings. The zero-order valence-corrected chi connectivity index (χ0v) is 18.6. The van der Waals surface area contributed by atoms with Crippen LogP contribution in [0.3, 0.4) is 0 Å². The molecule has 2 aromatic carbocycles. The van der Waals surface area contributed by atoms with Crippen LogP contribution in [0.5, 0.6) is 0 Å². The van der Waals surface area contributed by atoms with E-state index >= 15 is 0 Å². The lowest BCUT2D eigenvalue weighted by molar-refractivity contribution is -0.121. The second-order valence-electron chi connectivity index (χ2n) is 6.27. The van der Waals surface area contributed by atoms with Crippen molar-refractivity contribution in [3.63, 3.8) is 0 Å². The topological polar surface area (TPSA) is 56.7 Å². The van der Waals surface area contributed by atoms with Crippen molar-refractivity contribution in [2.45, 2.75) is 26.4 Å². The van der Waals surface area contributed by atoms with Crippen molar-refractivity contribution in [2.24, 2.45) is 4.99 Å². The summed E-state index contributed by atoms with van der Waals surface area (Å²) in [5.41, 5.74) is 3.62. The molecule has 2 aromatic rings. The minimum Gasteiger partial charge on any atom is -0.356 e. The maximum atomic E-state index is 12.0. The minimum atomic E-state index is 0. The summed E-state index contributed by atoms with van der Waals surface area (Å²) in [4.78, 5) is 18.4. The first-order valence-electron chi connectivity index (χ1n) is 8.87. The van der Waals surface area contributed by atoms with Crippen LogP contribution < -0.4 is 10.6 Å². The number of guanidine groups is 1. The smallest absolute Gasteiger partial charge is 0.222 e. The number of aliphatic imine (C=N–C) groups is 1. The molecule has 0 bridgehead atoms. The van der Waals surface area contributed by atoms with Gasteiger partial charge in [-0.25, -0.2) is 0 Å². The van der Waals surface area contributed by atoms with Crippen molar-refractivity contribution >= 4 is 35.8 Å². The SMILES string of the molecule is CN=C(NCCC(=O)NCc1ccccc1)N(C)Cc1ccccc1C.I. The maximum Gasteiger partial charge on any atom is 0.222 e. The van der Waals surface area contributed by atoms with Gasteiger partial charge in [0.1, 0.15) is 0 Å². The van der Waals surface area contributed by atoms with Gasteiger partial charge in [-0.05, 0) is 23.6 Å². The normalized spacial score (nSPS) is 10.7. The number of amides is 1. The predicted octanol–water partition coefficient (Wildman–Crippen LogP) is 3.33. The number of carbonyl (C=O) groups is 1. The molecule has 0 fully saturated rings. The van der Waals surface area contributed by atoms with E-state index in [1.807, 2.05) is 49.5 Å². The average Bonchev–Trinajstić information content (AvgIpc) is 2.66. The van der Waals surface area contributed by atoms with Gasteiger partial charge in [0.05, 0.1) is 0 Å². The van der Waals surface area contributed by atoms with Crippen LogP contribution in [0.1, 0.15) is 23.1 Å². The van der Waals surface area contributed by atoms with Gasteiger partial charge in [0.25, 0.3) is 0 Å². The van der Waals surface area contributed by atoms with Crippen LogP contribution in [-0.2, 0) is 17.9 Å². The summed E-state index contributed by atoms with van der Waals surface area (Å²) >= 11 is 0. The lowest BCUT2D eigenvalue weighted by atomic mass is 10.1. The molecule has 0 heterocycles. The van der Waals surface area contributed by atoms with Gasteiger partial charge in [-0.15, -0.1) is 24.0 Å². The van der Waals surface area contributed by atoms with Gasteiger partial charge in [-0.2, -0.15) is 0 Å². The molecule has 2 rings (SSSR count). The number of carbonyl (C=O) groups excluding carboxylic acids is 1. The summed E-state index contributed by atoms with van der Waals surface area (Å²) in [6, 6.07) is 18.2. The van der Waals surface area contributed by atoms with E-state index in [2.05, 4.69) is 39.6 Å². The van der Waals surface area contributed by atoms with Crippen LogP contribution >= 0.6 is 24.0 Å². The Hall–Kier alpha value is -2.09. The van der Waals surface area contributed by atoms with Crippen LogP contribution in [-0.4, -0.2) is 37.4 Å². The molecule has 2 N–H and O–H groups in total. The van der Waals surface area contributed by atoms with Crippen LogP contribution in [0.4, 0.5) is 0 Å². The molecule has 27 heavy (non-hydrogen) atoms. The van der Waals surface area contributed by atoms with Gasteiger partial charge in [-0.3, -0.25) is 9.79 Å². The fourth-order valence-corrected chi connectivity index (χ4v) is 2.68. The number of aryl methyl sites for hydroxylation is 1. The average molecular weight is 480 g/mol. The number of benzene rings is 2. The number of hydrogen-bond acceptors (Lipinski definition) is 2. The monoisotopic (exact) mass is 480 g/mol. The van der Waals surface area contributed by atoms with E-state index in [1.54, 1.807) is 7.05 Å². The van der Waals surface area contributed by atoms with Crippen LogP contribution in [0.15, 0.2) is 59.6 Å². The number of nitrogens with one attached hydrogen (secondary N) is 2. The quantitative estimate of drug-likeness (QED) is 0.363. The molecule has 146 valence electrons. The van der Waals surface area contributed by atoms with E-state index in [0.717, 1.165) is 18.1 Å². The number of nitrogens with zero attached hydrogens (tertiary/aromatic N) is 2. The molecule has 1 amide bonds. The Labute approximate surface area is 179 Å². The van der Waals surface area contributed by atoms with Crippen LogP contribution in [0.2, 0.25) is 0 Å². The van der Waals surface area contributed by atoms with Gasteiger partial charge in [-0.1, -0.05) is 54.6 Å². The predicted molar refractivity (Wildman–Crippen MR) is 122 cm³/mol. The summed E-state index contributed by atoms with van der Waals surface area (Å²) in [6.07, 6.45) is 0.407. The van der Waals surface area contributed by atoms with Gasteiger partial charge < -0.3 is 15.5 Å². The van der Waals surface area contributed by atoms with Gasteiger partial charge in [0.15, 0.2) is 5.96 Å². The number of rotatable bonds is 7. The zero-order valence-electron chi connectivity index (χ0n) is 16.2. The molecule has 0 radical (unpaired) electrons. The third kappa shape index (κ3) is 7.99. The largest absolute Gasteiger partial charge is 0.356 e. The number of hydrogen-bond donors (Lipinski definition) is 2. The van der Waals surface area contributed by atoms with Gasteiger partial charge >= 0.3 is 0 Å². The lowest BCUT2D eigenvalue weighted by Gasteiger charge is -2.23. The van der Waals surface area contributed by atoms with E-state index < -0.39 is 0 Å². The standard InChI is InChI=1S/C21H28N4O.HI/c1-17-9-7-8-12-19(17)16-25(3)21(22-2)23-14-13-20(26)24-15-18-10-5-4-6-11-18;/h4-12H,13-16H2,1-3H3,(H,22,23)(H,24,26);1H. The summed E-state index contributed by atoms with van der Waals surface area (Å²) in [5, 5.41) is 6.19. The highest BCUT2D eigenvalue weighted by Gasteiger charge is 2.09. The Kier molecular flexibility index (Phi) is 10.5. The lowest BCUT2D eigenvalue weighted by Crippen LogP contribution is -2.40. The van der Waals surface area contributed by atoms with E-state index in [0.29, 0.717) is 19.5 Å². The van der Waals surface area contributed by atoms with Gasteiger partial charge in [0.2, 0.25) is 5.91 Å². The second-order valence-corrected chi connectivity index (χ2v) is 6.27. The fourth-order valence-electron chi connectivity index (χ4n) is 2.68. The van der Waals surface area contributed by atoms with E-state index in [4.69, 9.17) is 0 Å². The number of halogens is 1. The Morgan fingerprint density at radius 2 is 1.70 bits per heavy atom. The summed E-state index contributed by atoms with van der Waals surface area (Å²) in [7, 11) is 3.75. The minimum absolute atomic E-state index is 0. The third-order valence-electron chi connectivity index (χ3n) is 4.21. The van der Waals surface area contributed by atoms with Crippen molar-refractivity contribution in [3.8, 4) is 0 Å². The molecule has 5 nitrogen and oxygen atoms in total. The maximum absolute atomic E-state index is 12.0. The zero-order chi connectivity index (χ0) is 18.8. The van der Waals surface area contributed by atoms with Gasteiger partial charge in [0, 0.05) is 40.2 Å². The van der Waals surface area contributed by atoms with Crippen molar-refractivity contribution in [3.05, 3.63) is 71.3 Å². The molecule has 0 atom stereocenters. The van der Waals surface area contributed by atoms with Crippen LogP contribution in [0, 0.1) is 6.92 Å². The van der Waals surface area contributed by atoms with Crippen molar-refractivity contribution < 1.29 is 4.79 Å². The van der Waals surface area contributed by atoms with Crippen molar-refractivity contribution in [1.29, 1.82) is 0 Å². The highest BCUT2D eigenvalue weighted by atomic mass is 127. The molecular formula is C21H29IN4O. The van der Waals surface area contributed by atoms with E-state index in [-0.39, 0.29) is 29.9 Å². The van der Waals surface area contributed by atoms with Crippen LogP contribution in [0.25, 0.3) is 0 Å². The molecule has 0 aromatic heterocycles. The first-order valence-corrected chi connectivity index (χ1v) is 8.87. The first kappa shape index (κ1) is 23.0. The first-order chi connectivity index (χ1) is 12.6. The Balaban J connectivity index is 0.00000364. The summed E-state index contributed by atoms with van der Waals surface area (Å²) in [6.45, 7) is 3.98. The molecule has 0 saturated carbocycles. The van der Waals surface area contributed by atoms with E-state index in [1.165, 1.54) is 11.1 Å². The molecule has 6 heteroatoms. The Morgan fingerprint density at radius 3 is 2.37 bits per heavy atom. The summed E-state index contributed by atoms with van der Waals surface area (Å²) in [5.74, 6) is 0.808. The Morgan fingerprint density at radius 1 is 1.04 bits per heavy atom. The van der Waals surface area contributed by atoms with E-state index in [9.17, 15) is 4.79 Å². The van der Waals surface area contributed by atoms with Crippen molar-refractivity contribution in [2.75, 3.05) is 20.6 Å². The highest BCUT2D eigenvalue weighted by Crippen LogP contribution is 2.09. The second kappa shape index (κ2) is 12.3.